The van der Waals surface area contributed by atoms with Crippen molar-refractivity contribution in [2.75, 3.05) is 26.4 Å². The third-order valence-electron chi connectivity index (χ3n) is 1.93. The maximum atomic E-state index is 5.49. The van der Waals surface area contributed by atoms with Crippen LogP contribution in [0.15, 0.2) is 0 Å². The second-order valence-corrected chi connectivity index (χ2v) is 3.51. The standard InChI is InChI=1S/C8H20N2S/c1-10(2)8(5-6-9)4-3-7-11/h8,11H,3-7,9H2,1-2H3. The number of nitrogens with two attached hydrogens (primary N) is 1. The van der Waals surface area contributed by atoms with Crippen molar-refractivity contribution in [3.63, 3.8) is 0 Å². The summed E-state index contributed by atoms with van der Waals surface area (Å²) < 4.78 is 0. The molecule has 2 N–H and O–H groups in total. The van der Waals surface area contributed by atoms with E-state index in [2.05, 4.69) is 31.6 Å². The van der Waals surface area contributed by atoms with E-state index in [1.807, 2.05) is 0 Å². The van der Waals surface area contributed by atoms with Gasteiger partial charge in [0, 0.05) is 6.04 Å². The molecule has 0 aromatic rings. The number of hydrogen-bond acceptors (Lipinski definition) is 3. The summed E-state index contributed by atoms with van der Waals surface area (Å²) >= 11 is 4.18. The van der Waals surface area contributed by atoms with Crippen molar-refractivity contribution >= 4 is 12.6 Å². The van der Waals surface area contributed by atoms with Crippen LogP contribution in [0, 0.1) is 0 Å². The summed E-state index contributed by atoms with van der Waals surface area (Å²) in [7, 11) is 4.22. The second kappa shape index (κ2) is 6.95. The molecule has 0 rings (SSSR count). The van der Waals surface area contributed by atoms with Crippen LogP contribution in [0.3, 0.4) is 0 Å². The summed E-state index contributed by atoms with van der Waals surface area (Å²) in [6.07, 6.45) is 3.50. The van der Waals surface area contributed by atoms with Crippen molar-refractivity contribution in [2.45, 2.75) is 25.3 Å². The van der Waals surface area contributed by atoms with Crippen LogP contribution < -0.4 is 5.73 Å². The zero-order chi connectivity index (χ0) is 8.69. The van der Waals surface area contributed by atoms with E-state index in [-0.39, 0.29) is 0 Å². The zero-order valence-electron chi connectivity index (χ0n) is 7.58. The Morgan fingerprint density at radius 2 is 2.00 bits per heavy atom. The average molecular weight is 176 g/mol. The first-order valence-electron chi connectivity index (χ1n) is 4.19. The van der Waals surface area contributed by atoms with Crippen LogP contribution in [-0.4, -0.2) is 37.3 Å². The predicted octanol–water partition coefficient (Wildman–Crippen LogP) is 0.975. The van der Waals surface area contributed by atoms with Crippen molar-refractivity contribution in [1.29, 1.82) is 0 Å². The lowest BCUT2D eigenvalue weighted by atomic mass is 10.1. The lowest BCUT2D eigenvalue weighted by Crippen LogP contribution is -2.30. The number of hydrogen-bond donors (Lipinski definition) is 2. The SMILES string of the molecule is CN(C)C(CCN)CCCS. The molecule has 0 aromatic carbocycles. The van der Waals surface area contributed by atoms with Crippen LogP contribution in [-0.2, 0) is 0 Å². The Balaban J connectivity index is 3.51. The molecule has 0 heterocycles. The number of rotatable bonds is 6. The molecular formula is C8H20N2S. The van der Waals surface area contributed by atoms with Gasteiger partial charge in [-0.3, -0.25) is 0 Å². The maximum absolute atomic E-state index is 5.49. The Morgan fingerprint density at radius 1 is 1.36 bits per heavy atom. The van der Waals surface area contributed by atoms with Gasteiger partial charge in [-0.15, -0.1) is 0 Å². The molecule has 0 aromatic heterocycles. The highest BCUT2D eigenvalue weighted by Crippen LogP contribution is 2.07. The van der Waals surface area contributed by atoms with Gasteiger partial charge in [0.1, 0.15) is 0 Å². The lowest BCUT2D eigenvalue weighted by Gasteiger charge is -2.23. The molecule has 0 saturated carbocycles. The third kappa shape index (κ3) is 5.53. The largest absolute Gasteiger partial charge is 0.330 e. The van der Waals surface area contributed by atoms with Crippen molar-refractivity contribution in [3.8, 4) is 0 Å². The Bertz CT molecular complexity index is 86.2. The highest BCUT2D eigenvalue weighted by Gasteiger charge is 2.08. The quantitative estimate of drug-likeness (QED) is 0.591. The molecule has 1 unspecified atom stereocenters. The first kappa shape index (κ1) is 11.3. The molecule has 0 amide bonds. The van der Waals surface area contributed by atoms with E-state index in [1.54, 1.807) is 0 Å². The molecule has 68 valence electrons. The molecule has 0 bridgehead atoms. The molecule has 0 spiro atoms. The second-order valence-electron chi connectivity index (χ2n) is 3.06. The van der Waals surface area contributed by atoms with Gasteiger partial charge in [-0.2, -0.15) is 12.6 Å². The molecular weight excluding hydrogens is 156 g/mol. The number of thiol groups is 1. The molecule has 0 saturated heterocycles. The predicted molar refractivity (Wildman–Crippen MR) is 54.2 cm³/mol. The third-order valence-corrected chi connectivity index (χ3v) is 2.24. The normalized spacial score (nSPS) is 13.9. The first-order chi connectivity index (χ1) is 5.22. The Hall–Kier alpha value is 0.270. The molecule has 3 heteroatoms. The molecule has 0 aliphatic carbocycles. The summed E-state index contributed by atoms with van der Waals surface area (Å²) in [4.78, 5) is 2.25. The van der Waals surface area contributed by atoms with Crippen LogP contribution >= 0.6 is 12.6 Å². The Labute approximate surface area is 75.5 Å². The molecule has 11 heavy (non-hydrogen) atoms. The van der Waals surface area contributed by atoms with E-state index in [4.69, 9.17) is 5.73 Å². The van der Waals surface area contributed by atoms with Crippen molar-refractivity contribution in [2.24, 2.45) is 5.73 Å². The smallest absolute Gasteiger partial charge is 0.0101 e. The van der Waals surface area contributed by atoms with Gasteiger partial charge in [0.15, 0.2) is 0 Å². The Kier molecular flexibility index (Phi) is 7.12. The van der Waals surface area contributed by atoms with Gasteiger partial charge in [0.25, 0.3) is 0 Å². The maximum Gasteiger partial charge on any atom is 0.0101 e. The van der Waals surface area contributed by atoms with Crippen LogP contribution in [0.5, 0.6) is 0 Å². The van der Waals surface area contributed by atoms with Crippen molar-refractivity contribution in [1.82, 2.24) is 4.90 Å². The summed E-state index contributed by atoms with van der Waals surface area (Å²) in [5, 5.41) is 0. The van der Waals surface area contributed by atoms with Gasteiger partial charge in [0.2, 0.25) is 0 Å². The summed E-state index contributed by atoms with van der Waals surface area (Å²) in [5.74, 6) is 0.981. The summed E-state index contributed by atoms with van der Waals surface area (Å²) in [6, 6.07) is 0.646. The van der Waals surface area contributed by atoms with E-state index in [1.165, 1.54) is 12.8 Å². The first-order valence-corrected chi connectivity index (χ1v) is 4.83. The van der Waals surface area contributed by atoms with Crippen molar-refractivity contribution < 1.29 is 0 Å². The fourth-order valence-corrected chi connectivity index (χ4v) is 1.36. The molecule has 2 nitrogen and oxygen atoms in total. The number of nitrogens with zero attached hydrogens (tertiary/aromatic N) is 1. The van der Waals surface area contributed by atoms with E-state index in [0.29, 0.717) is 6.04 Å². The minimum absolute atomic E-state index is 0.646. The molecule has 0 fully saturated rings. The van der Waals surface area contributed by atoms with Crippen LogP contribution in [0.1, 0.15) is 19.3 Å². The lowest BCUT2D eigenvalue weighted by molar-refractivity contribution is 0.266. The van der Waals surface area contributed by atoms with Crippen LogP contribution in [0.25, 0.3) is 0 Å². The van der Waals surface area contributed by atoms with Crippen LogP contribution in [0.4, 0.5) is 0 Å². The molecule has 1 atom stereocenters. The Morgan fingerprint density at radius 3 is 2.36 bits per heavy atom. The van der Waals surface area contributed by atoms with Crippen LogP contribution in [0.2, 0.25) is 0 Å². The van der Waals surface area contributed by atoms with Gasteiger partial charge in [0.05, 0.1) is 0 Å². The fourth-order valence-electron chi connectivity index (χ4n) is 1.18. The molecule has 0 radical (unpaired) electrons. The summed E-state index contributed by atoms with van der Waals surface area (Å²) in [5.41, 5.74) is 5.49. The van der Waals surface area contributed by atoms with Gasteiger partial charge < -0.3 is 10.6 Å². The minimum Gasteiger partial charge on any atom is -0.330 e. The van der Waals surface area contributed by atoms with Gasteiger partial charge in [-0.05, 0) is 45.7 Å². The van der Waals surface area contributed by atoms with E-state index in [0.717, 1.165) is 18.7 Å². The minimum atomic E-state index is 0.646. The summed E-state index contributed by atoms with van der Waals surface area (Å²) in [6.45, 7) is 0.787. The van der Waals surface area contributed by atoms with E-state index < -0.39 is 0 Å². The zero-order valence-corrected chi connectivity index (χ0v) is 8.48. The van der Waals surface area contributed by atoms with Crippen molar-refractivity contribution in [3.05, 3.63) is 0 Å². The molecule has 0 aliphatic heterocycles. The highest BCUT2D eigenvalue weighted by molar-refractivity contribution is 7.80. The topological polar surface area (TPSA) is 29.3 Å². The molecule has 0 aliphatic rings. The monoisotopic (exact) mass is 176 g/mol. The fraction of sp³-hybridized carbons (Fsp3) is 1.00. The van der Waals surface area contributed by atoms with Gasteiger partial charge in [-0.1, -0.05) is 0 Å². The highest BCUT2D eigenvalue weighted by atomic mass is 32.1. The average Bonchev–Trinajstić information content (AvgIpc) is 1.97. The van der Waals surface area contributed by atoms with Gasteiger partial charge >= 0.3 is 0 Å². The van der Waals surface area contributed by atoms with E-state index >= 15 is 0 Å². The van der Waals surface area contributed by atoms with Gasteiger partial charge in [-0.25, -0.2) is 0 Å². The van der Waals surface area contributed by atoms with E-state index in [9.17, 15) is 0 Å².